The maximum atomic E-state index is 14.3. The van der Waals surface area contributed by atoms with Gasteiger partial charge in [0.1, 0.15) is 22.9 Å². The lowest BCUT2D eigenvalue weighted by molar-refractivity contribution is 0.0977. The number of rotatable bonds is 5. The first-order valence-corrected chi connectivity index (χ1v) is 9.48. The van der Waals surface area contributed by atoms with Crippen LogP contribution in [0.1, 0.15) is 15.9 Å². The molecule has 1 amide bonds. The first-order valence-electron chi connectivity index (χ1n) is 8.66. The zero-order valence-electron chi connectivity index (χ0n) is 15.3. The first kappa shape index (κ1) is 18.9. The highest BCUT2D eigenvalue weighted by molar-refractivity contribution is 7.22. The number of ether oxygens (including phenoxy) is 1. The van der Waals surface area contributed by atoms with Gasteiger partial charge in [0.25, 0.3) is 5.91 Å². The molecule has 146 valence electrons. The van der Waals surface area contributed by atoms with Crippen LogP contribution in [0.3, 0.4) is 0 Å². The van der Waals surface area contributed by atoms with Gasteiger partial charge in [0.05, 0.1) is 23.9 Å². The summed E-state index contributed by atoms with van der Waals surface area (Å²) in [6, 6.07) is 12.2. The second kappa shape index (κ2) is 7.92. The van der Waals surface area contributed by atoms with Gasteiger partial charge >= 0.3 is 0 Å². The molecule has 0 radical (unpaired) electrons. The van der Waals surface area contributed by atoms with E-state index in [9.17, 15) is 13.6 Å². The number of methoxy groups -OCH3 is 1. The summed E-state index contributed by atoms with van der Waals surface area (Å²) < 4.78 is 34.6. The Morgan fingerprint density at radius 1 is 1.14 bits per heavy atom. The third kappa shape index (κ3) is 3.79. The number of nitrogens with zero attached hydrogens (tertiary/aromatic N) is 3. The Bertz CT molecular complexity index is 1160. The van der Waals surface area contributed by atoms with Crippen LogP contribution >= 0.6 is 11.3 Å². The van der Waals surface area contributed by atoms with E-state index in [1.54, 1.807) is 49.8 Å². The summed E-state index contributed by atoms with van der Waals surface area (Å²) >= 11 is 1.24. The molecule has 2 aromatic heterocycles. The Morgan fingerprint density at radius 3 is 2.62 bits per heavy atom. The molecule has 5 nitrogen and oxygen atoms in total. The van der Waals surface area contributed by atoms with Crippen molar-refractivity contribution in [3.63, 3.8) is 0 Å². The smallest absolute Gasteiger partial charge is 0.266 e. The van der Waals surface area contributed by atoms with Crippen molar-refractivity contribution in [2.24, 2.45) is 0 Å². The molecule has 2 aromatic carbocycles. The summed E-state index contributed by atoms with van der Waals surface area (Å²) in [7, 11) is 1.56. The van der Waals surface area contributed by atoms with Crippen LogP contribution in [0.5, 0.6) is 5.75 Å². The fourth-order valence-corrected chi connectivity index (χ4v) is 3.86. The van der Waals surface area contributed by atoms with Crippen LogP contribution in [0, 0.1) is 11.6 Å². The lowest BCUT2D eigenvalue weighted by Crippen LogP contribution is -2.32. The summed E-state index contributed by atoms with van der Waals surface area (Å²) in [6.07, 6.45) is 3.20. The Kier molecular flexibility index (Phi) is 5.18. The number of benzene rings is 2. The second-order valence-corrected chi connectivity index (χ2v) is 7.19. The first-order chi connectivity index (χ1) is 14.1. The Balaban J connectivity index is 1.81. The van der Waals surface area contributed by atoms with Crippen LogP contribution in [-0.2, 0) is 6.54 Å². The van der Waals surface area contributed by atoms with Gasteiger partial charge in [-0.05, 0) is 42.0 Å². The molecule has 0 saturated carbocycles. The fraction of sp³-hybridized carbons (Fsp3) is 0.0952. The average molecular weight is 411 g/mol. The zero-order chi connectivity index (χ0) is 20.4. The standard InChI is InChI=1S/C21H15F2N3O2S/c1-28-14-7-8-17-18(10-14)29-21(25-17)26(12-13-4-3-9-24-11-13)20(27)19-15(22)5-2-6-16(19)23/h2-11H,12H2,1H3. The van der Waals surface area contributed by atoms with Crippen LogP contribution in [-0.4, -0.2) is 23.0 Å². The highest BCUT2D eigenvalue weighted by Gasteiger charge is 2.27. The monoisotopic (exact) mass is 411 g/mol. The summed E-state index contributed by atoms with van der Waals surface area (Å²) in [4.78, 5) is 23.0. The van der Waals surface area contributed by atoms with Gasteiger partial charge in [0.2, 0.25) is 0 Å². The quantitative estimate of drug-likeness (QED) is 0.472. The highest BCUT2D eigenvalue weighted by atomic mass is 32.1. The number of anilines is 1. The van der Waals surface area contributed by atoms with E-state index in [-0.39, 0.29) is 6.54 Å². The van der Waals surface area contributed by atoms with Crippen LogP contribution in [0.2, 0.25) is 0 Å². The maximum absolute atomic E-state index is 14.3. The van der Waals surface area contributed by atoms with E-state index in [1.807, 2.05) is 0 Å². The predicted octanol–water partition coefficient (Wildman–Crippen LogP) is 4.83. The van der Waals surface area contributed by atoms with Gasteiger partial charge in [0.15, 0.2) is 5.13 Å². The lowest BCUT2D eigenvalue weighted by Gasteiger charge is -2.20. The topological polar surface area (TPSA) is 55.3 Å². The molecular weight excluding hydrogens is 396 g/mol. The summed E-state index contributed by atoms with van der Waals surface area (Å²) in [5.74, 6) is -2.00. The van der Waals surface area contributed by atoms with Crippen LogP contribution in [0.15, 0.2) is 60.9 Å². The van der Waals surface area contributed by atoms with E-state index in [0.29, 0.717) is 22.0 Å². The predicted molar refractivity (Wildman–Crippen MR) is 107 cm³/mol. The third-order valence-corrected chi connectivity index (χ3v) is 5.34. The molecule has 4 aromatic rings. The van der Waals surface area contributed by atoms with Crippen LogP contribution in [0.4, 0.5) is 13.9 Å². The number of amides is 1. The largest absolute Gasteiger partial charge is 0.497 e. The van der Waals surface area contributed by atoms with Gasteiger partial charge < -0.3 is 4.74 Å². The van der Waals surface area contributed by atoms with Gasteiger partial charge in [-0.15, -0.1) is 0 Å². The molecule has 0 fully saturated rings. The second-order valence-electron chi connectivity index (χ2n) is 6.18. The number of carbonyl (C=O) groups excluding carboxylic acids is 1. The summed E-state index contributed by atoms with van der Waals surface area (Å²) in [5, 5.41) is 0.324. The molecule has 8 heteroatoms. The van der Waals surface area contributed by atoms with E-state index in [4.69, 9.17) is 4.74 Å². The highest BCUT2D eigenvalue weighted by Crippen LogP contribution is 2.33. The van der Waals surface area contributed by atoms with Gasteiger partial charge in [-0.2, -0.15) is 0 Å². The molecule has 2 heterocycles. The molecular formula is C21H15F2N3O2S. The maximum Gasteiger partial charge on any atom is 0.266 e. The van der Waals surface area contributed by atoms with E-state index in [2.05, 4.69) is 9.97 Å². The number of hydrogen-bond acceptors (Lipinski definition) is 5. The van der Waals surface area contributed by atoms with E-state index in [1.165, 1.54) is 22.3 Å². The number of aromatic nitrogens is 2. The molecule has 0 spiro atoms. The minimum atomic E-state index is -0.922. The number of carbonyl (C=O) groups is 1. The Labute approximate surface area is 169 Å². The minimum absolute atomic E-state index is 0.0669. The van der Waals surface area contributed by atoms with E-state index in [0.717, 1.165) is 16.8 Å². The van der Waals surface area contributed by atoms with Gasteiger partial charge in [-0.1, -0.05) is 23.5 Å². The molecule has 0 aliphatic carbocycles. The molecule has 4 rings (SSSR count). The van der Waals surface area contributed by atoms with E-state index < -0.39 is 23.1 Å². The van der Waals surface area contributed by atoms with Crippen molar-refractivity contribution in [1.82, 2.24) is 9.97 Å². The molecule has 0 N–H and O–H groups in total. The molecule has 29 heavy (non-hydrogen) atoms. The number of pyridine rings is 1. The van der Waals surface area contributed by atoms with E-state index >= 15 is 0 Å². The Morgan fingerprint density at radius 2 is 1.93 bits per heavy atom. The van der Waals surface area contributed by atoms with Crippen molar-refractivity contribution >= 4 is 32.6 Å². The molecule has 0 atom stereocenters. The van der Waals surface area contributed by atoms with Gasteiger partial charge in [-0.25, -0.2) is 13.8 Å². The molecule has 0 aliphatic heterocycles. The summed E-state index contributed by atoms with van der Waals surface area (Å²) in [5.41, 5.74) is 0.742. The molecule has 0 saturated heterocycles. The van der Waals surface area contributed by atoms with Crippen molar-refractivity contribution in [1.29, 1.82) is 0 Å². The van der Waals surface area contributed by atoms with Crippen molar-refractivity contribution in [2.45, 2.75) is 6.54 Å². The van der Waals surface area contributed by atoms with Crippen LogP contribution < -0.4 is 9.64 Å². The zero-order valence-corrected chi connectivity index (χ0v) is 16.1. The number of fused-ring (bicyclic) bond motifs is 1. The number of thiazole rings is 1. The molecule has 0 bridgehead atoms. The lowest BCUT2D eigenvalue weighted by atomic mass is 10.1. The Hall–Kier alpha value is -3.39. The molecule has 0 aliphatic rings. The third-order valence-electron chi connectivity index (χ3n) is 4.30. The van der Waals surface area contributed by atoms with Crippen molar-refractivity contribution in [3.05, 3.63) is 83.7 Å². The number of hydrogen-bond donors (Lipinski definition) is 0. The van der Waals surface area contributed by atoms with Crippen LogP contribution in [0.25, 0.3) is 10.2 Å². The summed E-state index contributed by atoms with van der Waals surface area (Å²) in [6.45, 7) is 0.0669. The minimum Gasteiger partial charge on any atom is -0.497 e. The van der Waals surface area contributed by atoms with Gasteiger partial charge in [-0.3, -0.25) is 14.7 Å². The van der Waals surface area contributed by atoms with Gasteiger partial charge in [0, 0.05) is 12.4 Å². The fourth-order valence-electron chi connectivity index (χ4n) is 2.87. The van der Waals surface area contributed by atoms with Crippen molar-refractivity contribution in [2.75, 3.05) is 12.0 Å². The SMILES string of the molecule is COc1ccc2nc(N(Cc3cccnc3)C(=O)c3c(F)cccc3F)sc2c1. The number of halogens is 2. The average Bonchev–Trinajstić information content (AvgIpc) is 3.15. The van der Waals surface area contributed by atoms with Crippen molar-refractivity contribution < 1.29 is 18.3 Å². The normalized spacial score (nSPS) is 10.9. The molecule has 0 unspecified atom stereocenters. The van der Waals surface area contributed by atoms with Crippen molar-refractivity contribution in [3.8, 4) is 5.75 Å².